The summed E-state index contributed by atoms with van der Waals surface area (Å²) in [5, 5.41) is 3.69. The van der Waals surface area contributed by atoms with Crippen molar-refractivity contribution in [1.29, 1.82) is 0 Å². The molecule has 150 valence electrons. The van der Waals surface area contributed by atoms with E-state index in [0.717, 1.165) is 23.8 Å². The number of rotatable bonds is 7. The van der Waals surface area contributed by atoms with Crippen LogP contribution in [0.3, 0.4) is 0 Å². The van der Waals surface area contributed by atoms with E-state index in [9.17, 15) is 13.2 Å². The summed E-state index contributed by atoms with van der Waals surface area (Å²) in [6.45, 7) is 2.68. The first-order valence-corrected chi connectivity index (χ1v) is 12.5. The molecule has 1 amide bonds. The van der Waals surface area contributed by atoms with Crippen LogP contribution in [-0.4, -0.2) is 42.7 Å². The third kappa shape index (κ3) is 5.72. The topological polar surface area (TPSA) is 66.5 Å². The maximum Gasteiger partial charge on any atom is 0.228 e. The summed E-state index contributed by atoms with van der Waals surface area (Å²) in [5.41, 5.74) is 0.782. The van der Waals surface area contributed by atoms with E-state index in [1.807, 2.05) is 30.8 Å². The predicted molar refractivity (Wildman–Crippen MR) is 112 cm³/mol. The van der Waals surface area contributed by atoms with E-state index in [4.69, 9.17) is 0 Å². The fourth-order valence-corrected chi connectivity index (χ4v) is 6.69. The van der Waals surface area contributed by atoms with Gasteiger partial charge in [0, 0.05) is 28.9 Å². The molecule has 3 rings (SSSR count). The molecule has 0 aromatic heterocycles. The van der Waals surface area contributed by atoms with Gasteiger partial charge in [-0.25, -0.2) is 12.7 Å². The number of carbonyl (C=O) groups excluding carboxylic acids is 1. The van der Waals surface area contributed by atoms with E-state index in [0.29, 0.717) is 19.5 Å². The number of thioether (sulfide) groups is 1. The van der Waals surface area contributed by atoms with Crippen molar-refractivity contribution >= 4 is 33.4 Å². The highest BCUT2D eigenvalue weighted by atomic mass is 32.2. The van der Waals surface area contributed by atoms with Gasteiger partial charge in [0.05, 0.1) is 11.7 Å². The van der Waals surface area contributed by atoms with Crippen LogP contribution in [0.15, 0.2) is 29.2 Å². The van der Waals surface area contributed by atoms with E-state index < -0.39 is 10.0 Å². The number of hydrogen-bond acceptors (Lipinski definition) is 4. The van der Waals surface area contributed by atoms with Crippen LogP contribution in [0, 0.1) is 5.92 Å². The summed E-state index contributed by atoms with van der Waals surface area (Å²) in [4.78, 5) is 13.9. The van der Waals surface area contributed by atoms with Crippen LogP contribution in [0.1, 0.15) is 51.9 Å². The van der Waals surface area contributed by atoms with Gasteiger partial charge < -0.3 is 5.32 Å². The number of hydrogen-bond donors (Lipinski definition) is 1. The first kappa shape index (κ1) is 20.7. The third-order valence-electron chi connectivity index (χ3n) is 5.34. The summed E-state index contributed by atoms with van der Waals surface area (Å²) in [7, 11) is -3.24. The molecule has 1 saturated heterocycles. The van der Waals surface area contributed by atoms with Gasteiger partial charge in [-0.2, -0.15) is 0 Å². The Hall–Kier alpha value is -1.05. The zero-order valence-corrected chi connectivity index (χ0v) is 17.7. The fourth-order valence-electron chi connectivity index (χ4n) is 3.86. The lowest BCUT2D eigenvalue weighted by molar-refractivity contribution is -0.120. The Morgan fingerprint density at radius 3 is 2.52 bits per heavy atom. The summed E-state index contributed by atoms with van der Waals surface area (Å²) >= 11 is 1.93. The summed E-state index contributed by atoms with van der Waals surface area (Å²) in [6.07, 6.45) is 7.32. The monoisotopic (exact) mass is 410 g/mol. The average Bonchev–Trinajstić information content (AvgIpc) is 3.16. The Morgan fingerprint density at radius 2 is 1.85 bits per heavy atom. The van der Waals surface area contributed by atoms with E-state index >= 15 is 0 Å². The standard InChI is InChI=1S/C20H30N2O3S2/c1-2-14-27(24,25)22-13-5-6-16(15-22)20(23)21-17-9-11-19(12-10-17)26-18-7-3-4-8-18/h9-12,16,18H,2-8,13-15H2,1H3,(H,21,23). The Labute approximate surface area is 167 Å². The highest BCUT2D eigenvalue weighted by Gasteiger charge is 2.31. The molecule has 7 heteroatoms. The third-order valence-corrected chi connectivity index (χ3v) is 8.73. The lowest BCUT2D eigenvalue weighted by Crippen LogP contribution is -2.44. The van der Waals surface area contributed by atoms with Crippen molar-refractivity contribution in [3.63, 3.8) is 0 Å². The molecular weight excluding hydrogens is 380 g/mol. The highest BCUT2D eigenvalue weighted by molar-refractivity contribution is 8.00. The van der Waals surface area contributed by atoms with E-state index in [1.54, 1.807) is 0 Å². The molecular formula is C20H30N2O3S2. The molecule has 1 saturated carbocycles. The van der Waals surface area contributed by atoms with Gasteiger partial charge in [-0.15, -0.1) is 11.8 Å². The SMILES string of the molecule is CCCS(=O)(=O)N1CCCC(C(=O)Nc2ccc(SC3CCCC3)cc2)C1. The van der Waals surface area contributed by atoms with Crippen LogP contribution in [0.25, 0.3) is 0 Å². The Morgan fingerprint density at radius 1 is 1.15 bits per heavy atom. The fraction of sp³-hybridized carbons (Fsp3) is 0.650. The number of sulfonamides is 1. The molecule has 1 aliphatic heterocycles. The zero-order chi connectivity index (χ0) is 19.3. The van der Waals surface area contributed by atoms with Crippen molar-refractivity contribution in [3.05, 3.63) is 24.3 Å². The minimum Gasteiger partial charge on any atom is -0.326 e. The van der Waals surface area contributed by atoms with Gasteiger partial charge in [-0.05, 0) is 56.4 Å². The van der Waals surface area contributed by atoms with Crippen molar-refractivity contribution < 1.29 is 13.2 Å². The lowest BCUT2D eigenvalue weighted by Gasteiger charge is -2.31. The molecule has 1 aromatic rings. The lowest BCUT2D eigenvalue weighted by atomic mass is 9.99. The number of carbonyl (C=O) groups is 1. The second kappa shape index (κ2) is 9.43. The molecule has 2 fully saturated rings. The largest absolute Gasteiger partial charge is 0.326 e. The normalized spacial score (nSPS) is 22.0. The summed E-state index contributed by atoms with van der Waals surface area (Å²) < 4.78 is 26.1. The minimum absolute atomic E-state index is 0.0809. The zero-order valence-electron chi connectivity index (χ0n) is 16.0. The molecule has 0 spiro atoms. The van der Waals surface area contributed by atoms with Crippen LogP contribution in [-0.2, 0) is 14.8 Å². The maximum absolute atomic E-state index is 12.6. The first-order chi connectivity index (χ1) is 13.0. The second-order valence-corrected chi connectivity index (χ2v) is 11.0. The van der Waals surface area contributed by atoms with Gasteiger partial charge in [-0.3, -0.25) is 4.79 Å². The number of benzene rings is 1. The van der Waals surface area contributed by atoms with Crippen LogP contribution in [0.5, 0.6) is 0 Å². The number of amides is 1. The molecule has 2 aliphatic rings. The molecule has 1 aromatic carbocycles. The van der Waals surface area contributed by atoms with E-state index in [2.05, 4.69) is 17.4 Å². The van der Waals surface area contributed by atoms with Crippen LogP contribution in [0.4, 0.5) is 5.69 Å². The van der Waals surface area contributed by atoms with Crippen molar-refractivity contribution in [2.75, 3.05) is 24.2 Å². The Bertz CT molecular complexity index is 728. The van der Waals surface area contributed by atoms with Gasteiger partial charge in [0.25, 0.3) is 0 Å². The molecule has 27 heavy (non-hydrogen) atoms. The summed E-state index contributed by atoms with van der Waals surface area (Å²) in [5.74, 6) is -0.206. The minimum atomic E-state index is -3.24. The van der Waals surface area contributed by atoms with Crippen molar-refractivity contribution in [2.45, 2.75) is 62.0 Å². The van der Waals surface area contributed by atoms with Gasteiger partial charge >= 0.3 is 0 Å². The predicted octanol–water partition coefficient (Wildman–Crippen LogP) is 4.11. The van der Waals surface area contributed by atoms with Crippen molar-refractivity contribution in [1.82, 2.24) is 4.31 Å². The molecule has 1 heterocycles. The van der Waals surface area contributed by atoms with Crippen LogP contribution < -0.4 is 5.32 Å². The van der Waals surface area contributed by atoms with Crippen molar-refractivity contribution in [2.24, 2.45) is 5.92 Å². The van der Waals surface area contributed by atoms with Gasteiger partial charge in [-0.1, -0.05) is 19.8 Å². The quantitative estimate of drug-likeness (QED) is 0.734. The smallest absolute Gasteiger partial charge is 0.228 e. The Balaban J connectivity index is 1.54. The van der Waals surface area contributed by atoms with E-state index in [-0.39, 0.29) is 17.6 Å². The van der Waals surface area contributed by atoms with Gasteiger partial charge in [0.15, 0.2) is 0 Å². The molecule has 1 atom stereocenters. The molecule has 1 unspecified atom stereocenters. The molecule has 0 bridgehead atoms. The molecule has 5 nitrogen and oxygen atoms in total. The number of nitrogens with one attached hydrogen (secondary N) is 1. The number of anilines is 1. The van der Waals surface area contributed by atoms with Gasteiger partial charge in [0.1, 0.15) is 0 Å². The maximum atomic E-state index is 12.6. The van der Waals surface area contributed by atoms with Crippen LogP contribution in [0.2, 0.25) is 0 Å². The Kier molecular flexibility index (Phi) is 7.22. The van der Waals surface area contributed by atoms with Gasteiger partial charge in [0.2, 0.25) is 15.9 Å². The second-order valence-electron chi connectivity index (χ2n) is 7.55. The first-order valence-electron chi connectivity index (χ1n) is 10.0. The van der Waals surface area contributed by atoms with Crippen LogP contribution >= 0.6 is 11.8 Å². The molecule has 0 radical (unpaired) electrons. The number of piperidine rings is 1. The highest BCUT2D eigenvalue weighted by Crippen LogP contribution is 2.35. The number of nitrogens with zero attached hydrogens (tertiary/aromatic N) is 1. The van der Waals surface area contributed by atoms with E-state index in [1.165, 1.54) is 34.9 Å². The summed E-state index contributed by atoms with van der Waals surface area (Å²) in [6, 6.07) is 8.03. The molecule has 1 N–H and O–H groups in total. The van der Waals surface area contributed by atoms with Crippen molar-refractivity contribution in [3.8, 4) is 0 Å². The molecule has 1 aliphatic carbocycles. The average molecular weight is 411 g/mol.